The molecule has 0 aromatic heterocycles. The highest BCUT2D eigenvalue weighted by molar-refractivity contribution is 5.47. The summed E-state index contributed by atoms with van der Waals surface area (Å²) in [5.74, 6) is 0. The van der Waals surface area contributed by atoms with Crippen LogP contribution in [0.3, 0.4) is 0 Å². The van der Waals surface area contributed by atoms with Crippen molar-refractivity contribution < 1.29 is 52.1 Å². The zero-order chi connectivity index (χ0) is 39.6. The average molecular weight is 791 g/mol. The van der Waals surface area contributed by atoms with Gasteiger partial charge in [-0.05, 0) is 22.3 Å². The third kappa shape index (κ3) is 19.6. The van der Waals surface area contributed by atoms with Crippen LogP contribution < -0.4 is 0 Å². The molecule has 11 heteroatoms. The van der Waals surface area contributed by atoms with E-state index >= 15 is 0 Å². The second-order valence-corrected chi connectivity index (χ2v) is 12.7. The van der Waals surface area contributed by atoms with E-state index in [4.69, 9.17) is 52.1 Å². The first kappa shape index (κ1) is 46.1. The Morgan fingerprint density at radius 2 is 0.474 bits per heavy atom. The third-order valence-corrected chi connectivity index (χ3v) is 8.55. The van der Waals surface area contributed by atoms with Gasteiger partial charge in [0.1, 0.15) is 5.60 Å². The zero-order valence-corrected chi connectivity index (χ0v) is 33.4. The zero-order valence-electron chi connectivity index (χ0n) is 33.4. The van der Waals surface area contributed by atoms with Crippen molar-refractivity contribution in [2.45, 2.75) is 12.2 Å². The van der Waals surface area contributed by atoms with Gasteiger partial charge in [-0.1, -0.05) is 121 Å². The lowest BCUT2D eigenvalue weighted by atomic mass is 9.80. The van der Waals surface area contributed by atoms with Gasteiger partial charge >= 0.3 is 0 Å². The second-order valence-electron chi connectivity index (χ2n) is 12.7. The molecule has 57 heavy (non-hydrogen) atoms. The summed E-state index contributed by atoms with van der Waals surface area (Å²) in [6.45, 7) is 10.6. The van der Waals surface area contributed by atoms with Crippen molar-refractivity contribution in [2.24, 2.45) is 0 Å². The minimum Gasteiger partial charge on any atom is -0.377 e. The van der Waals surface area contributed by atoms with Gasteiger partial charge < -0.3 is 52.1 Å². The van der Waals surface area contributed by atoms with E-state index in [1.54, 1.807) is 0 Å². The van der Waals surface area contributed by atoms with Gasteiger partial charge in [-0.25, -0.2) is 0 Å². The average Bonchev–Trinajstić information content (AvgIpc) is 3.27. The molecular weight excluding hydrogens is 728 g/mol. The molecule has 0 bridgehead atoms. The third-order valence-electron chi connectivity index (χ3n) is 8.55. The summed E-state index contributed by atoms with van der Waals surface area (Å²) in [7, 11) is 0. The van der Waals surface area contributed by atoms with Crippen molar-refractivity contribution >= 4 is 0 Å². The van der Waals surface area contributed by atoms with Crippen LogP contribution in [0.25, 0.3) is 0 Å². The molecule has 4 aromatic rings. The van der Waals surface area contributed by atoms with E-state index in [9.17, 15) is 0 Å². The minimum absolute atomic E-state index is 0.416. The van der Waals surface area contributed by atoms with Crippen molar-refractivity contribution in [3.63, 3.8) is 0 Å². The summed E-state index contributed by atoms with van der Waals surface area (Å²) >= 11 is 0. The van der Waals surface area contributed by atoms with E-state index in [1.165, 1.54) is 0 Å². The van der Waals surface area contributed by atoms with Crippen LogP contribution in [0.5, 0.6) is 0 Å². The standard InChI is InChI=1S/C46H62O11/c1-5-13-42(14-6-1)41-56-38-37-54-34-33-52-30-29-50-26-25-48-22-21-47-23-24-49-27-28-51-31-32-53-35-36-55-39-40-57-46(43-15-7-2-8-16-43,44-17-9-3-10-18-44)45-19-11-4-12-20-45/h1-20H,21-41H2. The summed E-state index contributed by atoms with van der Waals surface area (Å²) in [5.41, 5.74) is 3.61. The number of ether oxygens (including phenoxy) is 11. The molecule has 0 saturated heterocycles. The van der Waals surface area contributed by atoms with E-state index in [-0.39, 0.29) is 0 Å². The highest BCUT2D eigenvalue weighted by atomic mass is 16.6. The molecule has 0 atom stereocenters. The van der Waals surface area contributed by atoms with Crippen LogP contribution in [0.1, 0.15) is 22.3 Å². The molecule has 0 aliphatic heterocycles. The number of hydrogen-bond acceptors (Lipinski definition) is 11. The van der Waals surface area contributed by atoms with Crippen molar-refractivity contribution in [1.82, 2.24) is 0 Å². The summed E-state index contributed by atoms with van der Waals surface area (Å²) < 4.78 is 62.6. The quantitative estimate of drug-likeness (QED) is 0.0380. The molecule has 0 aliphatic rings. The van der Waals surface area contributed by atoms with Crippen LogP contribution >= 0.6 is 0 Å². The largest absolute Gasteiger partial charge is 0.377 e. The van der Waals surface area contributed by atoms with Crippen molar-refractivity contribution in [3.05, 3.63) is 144 Å². The Bertz CT molecular complexity index is 1370. The van der Waals surface area contributed by atoms with Crippen molar-refractivity contribution in [3.8, 4) is 0 Å². The maximum Gasteiger partial charge on any atom is 0.143 e. The Morgan fingerprint density at radius 1 is 0.246 bits per heavy atom. The second kappa shape index (κ2) is 31.4. The van der Waals surface area contributed by atoms with Crippen LogP contribution in [0.15, 0.2) is 121 Å². The first-order valence-electron chi connectivity index (χ1n) is 20.0. The molecule has 0 saturated carbocycles. The predicted octanol–water partition coefficient (Wildman–Crippen LogP) is 6.36. The fourth-order valence-corrected chi connectivity index (χ4v) is 5.77. The van der Waals surface area contributed by atoms with E-state index in [1.807, 2.05) is 84.9 Å². The SMILES string of the molecule is c1ccc(COCCOCCOCCOCCOCCOCCOCCOCCOCCOCCOC(c2ccccc2)(c2ccccc2)c2ccccc2)cc1. The summed E-state index contributed by atoms with van der Waals surface area (Å²) in [5, 5.41) is 0. The lowest BCUT2D eigenvalue weighted by Gasteiger charge is -2.36. The topological polar surface area (TPSA) is 102 Å². The fraction of sp³-hybridized carbons (Fsp3) is 0.478. The van der Waals surface area contributed by atoms with Crippen LogP contribution in [0.4, 0.5) is 0 Å². The Kier molecular flexibility index (Phi) is 25.4. The first-order chi connectivity index (χ1) is 28.4. The maximum absolute atomic E-state index is 6.73. The summed E-state index contributed by atoms with van der Waals surface area (Å²) in [4.78, 5) is 0. The lowest BCUT2D eigenvalue weighted by molar-refractivity contribution is -0.0399. The molecule has 0 unspecified atom stereocenters. The molecule has 0 radical (unpaired) electrons. The fourth-order valence-electron chi connectivity index (χ4n) is 5.77. The molecule has 0 spiro atoms. The van der Waals surface area contributed by atoms with E-state index in [0.717, 1.165) is 22.3 Å². The van der Waals surface area contributed by atoms with Crippen LogP contribution in [0, 0.1) is 0 Å². The Morgan fingerprint density at radius 3 is 0.754 bits per heavy atom. The molecule has 0 heterocycles. The molecule has 11 nitrogen and oxygen atoms in total. The molecule has 0 N–H and O–H groups in total. The van der Waals surface area contributed by atoms with E-state index in [2.05, 4.69) is 36.4 Å². The Balaban J connectivity index is 0.863. The van der Waals surface area contributed by atoms with E-state index < -0.39 is 5.60 Å². The molecule has 0 fully saturated rings. The Hall–Kier alpha value is -3.56. The van der Waals surface area contributed by atoms with Gasteiger partial charge in [0.05, 0.1) is 139 Å². The molecule has 0 aliphatic carbocycles. The smallest absolute Gasteiger partial charge is 0.143 e. The van der Waals surface area contributed by atoms with Crippen LogP contribution in [0.2, 0.25) is 0 Å². The van der Waals surface area contributed by atoms with E-state index in [0.29, 0.717) is 139 Å². The summed E-state index contributed by atoms with van der Waals surface area (Å²) in [6, 6.07) is 41.1. The van der Waals surface area contributed by atoms with Gasteiger partial charge in [0.2, 0.25) is 0 Å². The van der Waals surface area contributed by atoms with Gasteiger partial charge in [0, 0.05) is 0 Å². The van der Waals surface area contributed by atoms with Gasteiger partial charge in [0.15, 0.2) is 0 Å². The molecule has 4 aromatic carbocycles. The molecular formula is C46H62O11. The van der Waals surface area contributed by atoms with Gasteiger partial charge in [-0.2, -0.15) is 0 Å². The number of rotatable bonds is 36. The Labute approximate surface area is 339 Å². The lowest BCUT2D eigenvalue weighted by Crippen LogP contribution is -2.34. The first-order valence-corrected chi connectivity index (χ1v) is 20.0. The van der Waals surface area contributed by atoms with Gasteiger partial charge in [0.25, 0.3) is 0 Å². The van der Waals surface area contributed by atoms with Crippen molar-refractivity contribution in [1.29, 1.82) is 0 Å². The molecule has 4 rings (SSSR count). The number of hydrogen-bond donors (Lipinski definition) is 0. The van der Waals surface area contributed by atoms with Gasteiger partial charge in [-0.15, -0.1) is 0 Å². The number of benzene rings is 4. The molecule has 0 amide bonds. The predicted molar refractivity (Wildman–Crippen MR) is 219 cm³/mol. The van der Waals surface area contributed by atoms with Crippen LogP contribution in [-0.2, 0) is 64.3 Å². The molecule has 312 valence electrons. The highest BCUT2D eigenvalue weighted by Gasteiger charge is 2.37. The minimum atomic E-state index is -0.752. The van der Waals surface area contributed by atoms with Gasteiger partial charge in [-0.3, -0.25) is 0 Å². The summed E-state index contributed by atoms with van der Waals surface area (Å²) in [6.07, 6.45) is 0. The highest BCUT2D eigenvalue weighted by Crippen LogP contribution is 2.40. The monoisotopic (exact) mass is 790 g/mol. The maximum atomic E-state index is 6.73. The normalized spacial score (nSPS) is 11.6. The van der Waals surface area contributed by atoms with Crippen molar-refractivity contribution in [2.75, 3.05) is 132 Å². The van der Waals surface area contributed by atoms with Crippen LogP contribution in [-0.4, -0.2) is 132 Å².